The lowest BCUT2D eigenvalue weighted by Gasteiger charge is -2.32. The van der Waals surface area contributed by atoms with Crippen molar-refractivity contribution < 1.29 is 0 Å². The van der Waals surface area contributed by atoms with Gasteiger partial charge in [0.05, 0.1) is 0 Å². The molecule has 0 aromatic rings. The monoisotopic (exact) mass is 184 g/mol. The van der Waals surface area contributed by atoms with E-state index in [-0.39, 0.29) is 0 Å². The van der Waals surface area contributed by atoms with Crippen LogP contribution >= 0.6 is 0 Å². The SMILES string of the molecule is CC(C)N(C)CC1(C)CCN(C)C1. The summed E-state index contributed by atoms with van der Waals surface area (Å²) in [5, 5.41) is 0. The zero-order valence-electron chi connectivity index (χ0n) is 9.80. The molecule has 2 nitrogen and oxygen atoms in total. The fraction of sp³-hybridized carbons (Fsp3) is 1.00. The van der Waals surface area contributed by atoms with Crippen molar-refractivity contribution in [1.82, 2.24) is 9.80 Å². The van der Waals surface area contributed by atoms with E-state index < -0.39 is 0 Å². The van der Waals surface area contributed by atoms with Gasteiger partial charge in [-0.15, -0.1) is 0 Å². The lowest BCUT2D eigenvalue weighted by molar-refractivity contribution is 0.167. The summed E-state index contributed by atoms with van der Waals surface area (Å²) in [5.74, 6) is 0. The van der Waals surface area contributed by atoms with Crippen LogP contribution in [0, 0.1) is 5.41 Å². The molecule has 13 heavy (non-hydrogen) atoms. The van der Waals surface area contributed by atoms with Crippen LogP contribution in [0.25, 0.3) is 0 Å². The maximum Gasteiger partial charge on any atom is 0.00477 e. The van der Waals surface area contributed by atoms with Crippen molar-refractivity contribution in [3.8, 4) is 0 Å². The largest absolute Gasteiger partial charge is 0.306 e. The summed E-state index contributed by atoms with van der Waals surface area (Å²) in [6.07, 6.45) is 1.35. The first-order valence-electron chi connectivity index (χ1n) is 5.32. The topological polar surface area (TPSA) is 6.48 Å². The van der Waals surface area contributed by atoms with Crippen molar-refractivity contribution in [2.45, 2.75) is 33.2 Å². The molecule has 78 valence electrons. The predicted molar refractivity (Wildman–Crippen MR) is 58.0 cm³/mol. The molecule has 1 fully saturated rings. The van der Waals surface area contributed by atoms with Gasteiger partial charge in [-0.25, -0.2) is 0 Å². The molecule has 0 aromatic carbocycles. The molecule has 1 aliphatic heterocycles. The van der Waals surface area contributed by atoms with Gasteiger partial charge in [-0.3, -0.25) is 0 Å². The lowest BCUT2D eigenvalue weighted by Crippen LogP contribution is -2.38. The Morgan fingerprint density at radius 2 is 2.08 bits per heavy atom. The second kappa shape index (κ2) is 3.97. The van der Waals surface area contributed by atoms with Gasteiger partial charge in [0.2, 0.25) is 0 Å². The molecule has 0 aromatic heterocycles. The second-order valence-electron chi connectivity index (χ2n) is 5.31. The summed E-state index contributed by atoms with van der Waals surface area (Å²) in [6.45, 7) is 10.7. The van der Waals surface area contributed by atoms with Crippen LogP contribution in [-0.4, -0.2) is 49.6 Å². The number of rotatable bonds is 3. The van der Waals surface area contributed by atoms with E-state index in [1.54, 1.807) is 0 Å². The first-order valence-corrected chi connectivity index (χ1v) is 5.32. The van der Waals surface area contributed by atoms with Crippen molar-refractivity contribution in [1.29, 1.82) is 0 Å². The first-order chi connectivity index (χ1) is 5.93. The highest BCUT2D eigenvalue weighted by Gasteiger charge is 2.33. The van der Waals surface area contributed by atoms with Crippen molar-refractivity contribution >= 4 is 0 Å². The van der Waals surface area contributed by atoms with Gasteiger partial charge in [-0.2, -0.15) is 0 Å². The summed E-state index contributed by atoms with van der Waals surface area (Å²) in [7, 11) is 4.45. The molecule has 0 saturated carbocycles. The highest BCUT2D eigenvalue weighted by Crippen LogP contribution is 2.29. The van der Waals surface area contributed by atoms with E-state index >= 15 is 0 Å². The number of nitrogens with zero attached hydrogens (tertiary/aromatic N) is 2. The lowest BCUT2D eigenvalue weighted by atomic mass is 9.89. The maximum atomic E-state index is 2.46. The normalized spacial score (nSPS) is 30.7. The van der Waals surface area contributed by atoms with E-state index in [9.17, 15) is 0 Å². The number of hydrogen-bond acceptors (Lipinski definition) is 2. The second-order valence-corrected chi connectivity index (χ2v) is 5.31. The van der Waals surface area contributed by atoms with Crippen LogP contribution in [-0.2, 0) is 0 Å². The van der Waals surface area contributed by atoms with E-state index in [0.717, 1.165) is 0 Å². The molecular formula is C11H24N2. The molecule has 1 atom stereocenters. The minimum atomic E-state index is 0.522. The molecule has 0 radical (unpaired) electrons. The standard InChI is InChI=1S/C11H24N2/c1-10(2)13(5)9-11(3)6-7-12(4)8-11/h10H,6-9H2,1-5H3. The fourth-order valence-electron chi connectivity index (χ4n) is 2.18. The minimum absolute atomic E-state index is 0.522. The number of likely N-dealkylation sites (tertiary alicyclic amines) is 1. The Morgan fingerprint density at radius 3 is 2.46 bits per heavy atom. The van der Waals surface area contributed by atoms with E-state index in [4.69, 9.17) is 0 Å². The van der Waals surface area contributed by atoms with Crippen LogP contribution < -0.4 is 0 Å². The molecule has 0 bridgehead atoms. The molecule has 0 amide bonds. The molecule has 1 rings (SSSR count). The van der Waals surface area contributed by atoms with Crippen LogP contribution in [0.5, 0.6) is 0 Å². The molecule has 0 aliphatic carbocycles. The summed E-state index contributed by atoms with van der Waals surface area (Å²) in [4.78, 5) is 4.90. The zero-order chi connectivity index (χ0) is 10.1. The van der Waals surface area contributed by atoms with Crippen LogP contribution in [0.15, 0.2) is 0 Å². The highest BCUT2D eigenvalue weighted by atomic mass is 15.2. The predicted octanol–water partition coefficient (Wildman–Crippen LogP) is 1.67. The van der Waals surface area contributed by atoms with Crippen LogP contribution in [0.2, 0.25) is 0 Å². The molecular weight excluding hydrogens is 160 g/mol. The summed E-state index contributed by atoms with van der Waals surface area (Å²) in [5.41, 5.74) is 0.522. The van der Waals surface area contributed by atoms with Gasteiger partial charge in [0.25, 0.3) is 0 Å². The Kier molecular flexibility index (Phi) is 3.36. The molecule has 1 heterocycles. The maximum absolute atomic E-state index is 2.46. The van der Waals surface area contributed by atoms with Crippen LogP contribution in [0.1, 0.15) is 27.2 Å². The average molecular weight is 184 g/mol. The minimum Gasteiger partial charge on any atom is -0.306 e. The van der Waals surface area contributed by atoms with Gasteiger partial charge in [-0.1, -0.05) is 6.92 Å². The van der Waals surface area contributed by atoms with Gasteiger partial charge < -0.3 is 9.80 Å². The number of hydrogen-bond donors (Lipinski definition) is 0. The van der Waals surface area contributed by atoms with Crippen LogP contribution in [0.4, 0.5) is 0 Å². The third kappa shape index (κ3) is 2.96. The van der Waals surface area contributed by atoms with Crippen molar-refractivity contribution in [2.75, 3.05) is 33.7 Å². The summed E-state index contributed by atoms with van der Waals surface area (Å²) in [6, 6.07) is 0.669. The third-order valence-electron chi connectivity index (χ3n) is 3.26. The Hall–Kier alpha value is -0.0800. The van der Waals surface area contributed by atoms with E-state index in [1.807, 2.05) is 0 Å². The third-order valence-corrected chi connectivity index (χ3v) is 3.26. The highest BCUT2D eigenvalue weighted by molar-refractivity contribution is 4.87. The van der Waals surface area contributed by atoms with Gasteiger partial charge in [-0.05, 0) is 46.3 Å². The van der Waals surface area contributed by atoms with Crippen molar-refractivity contribution in [2.24, 2.45) is 5.41 Å². The van der Waals surface area contributed by atoms with Crippen molar-refractivity contribution in [3.63, 3.8) is 0 Å². The molecule has 1 unspecified atom stereocenters. The van der Waals surface area contributed by atoms with Crippen LogP contribution in [0.3, 0.4) is 0 Å². The Balaban J connectivity index is 2.43. The van der Waals surface area contributed by atoms with Gasteiger partial charge in [0.15, 0.2) is 0 Å². The molecule has 1 aliphatic rings. The molecule has 1 saturated heterocycles. The molecule has 0 spiro atoms. The average Bonchev–Trinajstić information content (AvgIpc) is 2.30. The van der Waals surface area contributed by atoms with Gasteiger partial charge >= 0.3 is 0 Å². The smallest absolute Gasteiger partial charge is 0.00477 e. The van der Waals surface area contributed by atoms with Crippen molar-refractivity contribution in [3.05, 3.63) is 0 Å². The Labute approximate surface area is 82.9 Å². The summed E-state index contributed by atoms with van der Waals surface area (Å²) < 4.78 is 0. The quantitative estimate of drug-likeness (QED) is 0.658. The molecule has 0 N–H and O–H groups in total. The Bertz CT molecular complexity index is 167. The summed E-state index contributed by atoms with van der Waals surface area (Å²) >= 11 is 0. The van der Waals surface area contributed by atoms with Gasteiger partial charge in [0.1, 0.15) is 0 Å². The van der Waals surface area contributed by atoms with E-state index in [1.165, 1.54) is 26.1 Å². The first kappa shape index (κ1) is 11.0. The van der Waals surface area contributed by atoms with E-state index in [2.05, 4.69) is 44.7 Å². The Morgan fingerprint density at radius 1 is 1.46 bits per heavy atom. The molecule has 2 heteroatoms. The fourth-order valence-corrected chi connectivity index (χ4v) is 2.18. The van der Waals surface area contributed by atoms with E-state index in [0.29, 0.717) is 11.5 Å². The zero-order valence-corrected chi connectivity index (χ0v) is 9.80. The van der Waals surface area contributed by atoms with Gasteiger partial charge in [0, 0.05) is 19.1 Å².